The van der Waals surface area contributed by atoms with Crippen LogP contribution in [0.5, 0.6) is 0 Å². The van der Waals surface area contributed by atoms with Crippen LogP contribution in [-0.2, 0) is 0 Å². The van der Waals surface area contributed by atoms with Crippen molar-refractivity contribution in [2.24, 2.45) is 0 Å². The van der Waals surface area contributed by atoms with Crippen LogP contribution in [0.15, 0.2) is 42.9 Å². The summed E-state index contributed by atoms with van der Waals surface area (Å²) in [4.78, 5) is 4.33. The smallest absolute Gasteiger partial charge is 0.158 e. The van der Waals surface area contributed by atoms with Crippen LogP contribution in [-0.4, -0.2) is 31.3 Å². The third-order valence-electron chi connectivity index (χ3n) is 5.88. The number of rotatable bonds is 4. The fourth-order valence-corrected chi connectivity index (χ4v) is 4.43. The van der Waals surface area contributed by atoms with Crippen molar-refractivity contribution in [3.05, 3.63) is 59.5 Å². The first-order valence-corrected chi connectivity index (χ1v) is 10.3. The molecule has 29 heavy (non-hydrogen) atoms. The maximum absolute atomic E-state index is 4.72. The van der Waals surface area contributed by atoms with Crippen LogP contribution in [0.4, 0.5) is 0 Å². The van der Waals surface area contributed by atoms with Gasteiger partial charge in [-0.15, -0.1) is 0 Å². The average Bonchev–Trinajstić information content (AvgIpc) is 3.47. The van der Waals surface area contributed by atoms with Gasteiger partial charge in [0.25, 0.3) is 0 Å². The van der Waals surface area contributed by atoms with E-state index in [1.54, 1.807) is 6.33 Å². The second-order valence-electron chi connectivity index (χ2n) is 8.23. The number of hydrogen-bond donors (Lipinski definition) is 2. The van der Waals surface area contributed by atoms with Crippen molar-refractivity contribution in [1.82, 2.24) is 30.1 Å². The highest BCUT2D eigenvalue weighted by Gasteiger charge is 2.21. The van der Waals surface area contributed by atoms with Gasteiger partial charge >= 0.3 is 0 Å². The van der Waals surface area contributed by atoms with Crippen LogP contribution < -0.4 is 5.32 Å². The molecule has 4 heterocycles. The fraction of sp³-hybridized carbons (Fsp3) is 0.348. The molecular formula is C23H26N6. The number of benzene rings is 1. The van der Waals surface area contributed by atoms with Crippen molar-refractivity contribution < 1.29 is 0 Å². The van der Waals surface area contributed by atoms with Gasteiger partial charge in [0.2, 0.25) is 0 Å². The zero-order valence-electron chi connectivity index (χ0n) is 17.1. The lowest BCUT2D eigenvalue weighted by atomic mass is 9.93. The van der Waals surface area contributed by atoms with Crippen molar-refractivity contribution in [2.45, 2.75) is 45.6 Å². The third-order valence-corrected chi connectivity index (χ3v) is 5.88. The van der Waals surface area contributed by atoms with Gasteiger partial charge in [-0.05, 0) is 49.4 Å². The zero-order chi connectivity index (χ0) is 20.0. The van der Waals surface area contributed by atoms with E-state index in [0.717, 1.165) is 40.3 Å². The molecule has 1 aliphatic rings. The zero-order valence-corrected chi connectivity index (χ0v) is 17.1. The average molecular weight is 387 g/mol. The summed E-state index contributed by atoms with van der Waals surface area (Å²) in [6, 6.07) is 11.5. The van der Waals surface area contributed by atoms with Crippen molar-refractivity contribution in [3.8, 4) is 22.5 Å². The first-order valence-electron chi connectivity index (χ1n) is 10.3. The summed E-state index contributed by atoms with van der Waals surface area (Å²) < 4.78 is 1.83. The molecule has 1 aliphatic heterocycles. The molecule has 3 aromatic heterocycles. The predicted octanol–water partition coefficient (Wildman–Crippen LogP) is 4.64. The van der Waals surface area contributed by atoms with Crippen LogP contribution in [0.1, 0.15) is 55.3 Å². The second-order valence-corrected chi connectivity index (χ2v) is 8.23. The largest absolute Gasteiger partial charge is 0.310 e. The van der Waals surface area contributed by atoms with Crippen LogP contribution in [0.25, 0.3) is 28.2 Å². The Bertz CT molecular complexity index is 1150. The number of pyridine rings is 1. The molecule has 4 aromatic rings. The van der Waals surface area contributed by atoms with Crippen molar-refractivity contribution in [3.63, 3.8) is 0 Å². The molecule has 2 N–H and O–H groups in total. The Hall–Kier alpha value is -2.99. The Labute approximate surface area is 170 Å². The molecule has 1 saturated heterocycles. The summed E-state index contributed by atoms with van der Waals surface area (Å²) in [5.74, 6) is 0.335. The number of nitrogens with one attached hydrogen (secondary N) is 2. The molecule has 0 radical (unpaired) electrons. The number of fused-ring (bicyclic) bond motifs is 1. The maximum Gasteiger partial charge on any atom is 0.158 e. The topological polar surface area (TPSA) is 70.9 Å². The Kier molecular flexibility index (Phi) is 4.43. The van der Waals surface area contributed by atoms with Gasteiger partial charge < -0.3 is 5.32 Å². The summed E-state index contributed by atoms with van der Waals surface area (Å²) in [6.07, 6.45) is 6.08. The van der Waals surface area contributed by atoms with Gasteiger partial charge in [0, 0.05) is 28.9 Å². The summed E-state index contributed by atoms with van der Waals surface area (Å²) in [5, 5.41) is 15.9. The molecule has 1 atom stereocenters. The van der Waals surface area contributed by atoms with Crippen molar-refractivity contribution >= 4 is 5.65 Å². The quantitative estimate of drug-likeness (QED) is 0.536. The van der Waals surface area contributed by atoms with E-state index in [9.17, 15) is 0 Å². The summed E-state index contributed by atoms with van der Waals surface area (Å²) in [7, 11) is 0. The number of aromatic amines is 1. The Morgan fingerprint density at radius 2 is 1.97 bits per heavy atom. The monoisotopic (exact) mass is 386 g/mol. The van der Waals surface area contributed by atoms with E-state index in [2.05, 4.69) is 71.6 Å². The van der Waals surface area contributed by atoms with E-state index in [-0.39, 0.29) is 0 Å². The van der Waals surface area contributed by atoms with Crippen LogP contribution in [0.3, 0.4) is 0 Å². The number of aromatic nitrogens is 5. The van der Waals surface area contributed by atoms with Gasteiger partial charge in [-0.25, -0.2) is 9.50 Å². The molecule has 6 nitrogen and oxygen atoms in total. The number of nitrogens with zero attached hydrogens (tertiary/aromatic N) is 4. The van der Waals surface area contributed by atoms with Gasteiger partial charge in [-0.1, -0.05) is 38.1 Å². The van der Waals surface area contributed by atoms with Gasteiger partial charge in [0.1, 0.15) is 6.33 Å². The first-order chi connectivity index (χ1) is 14.1. The van der Waals surface area contributed by atoms with E-state index in [1.165, 1.54) is 24.0 Å². The minimum Gasteiger partial charge on any atom is -0.310 e. The van der Waals surface area contributed by atoms with E-state index in [1.807, 2.05) is 10.7 Å². The normalized spacial score (nSPS) is 16.9. The second kappa shape index (κ2) is 7.12. The standard InChI is InChI=1S/C23H26N6/c1-14(2)20-21(17-8-6-16(7-9-17)19-5-4-10-24-19)27-28-22(20)18-11-15(3)23-25-13-26-29(23)12-18/h6-9,11-14,19,24H,4-5,10H2,1-3H3,(H,27,28). The van der Waals surface area contributed by atoms with E-state index >= 15 is 0 Å². The van der Waals surface area contributed by atoms with Gasteiger partial charge in [0.15, 0.2) is 5.65 Å². The molecule has 0 aliphatic carbocycles. The van der Waals surface area contributed by atoms with E-state index < -0.39 is 0 Å². The lowest BCUT2D eigenvalue weighted by Crippen LogP contribution is -2.12. The van der Waals surface area contributed by atoms with Gasteiger partial charge in [0.05, 0.1) is 11.4 Å². The SMILES string of the molecule is Cc1cc(-c2[nH]nc(-c3ccc(C4CCCN4)cc3)c2C(C)C)cn2ncnc12. The Morgan fingerprint density at radius 1 is 1.14 bits per heavy atom. The molecule has 1 aromatic carbocycles. The van der Waals surface area contributed by atoms with Gasteiger partial charge in [-0.3, -0.25) is 5.10 Å². The Balaban J connectivity index is 1.57. The van der Waals surface area contributed by atoms with Crippen LogP contribution in [0, 0.1) is 6.92 Å². The highest BCUT2D eigenvalue weighted by atomic mass is 15.3. The molecule has 0 bridgehead atoms. The molecule has 6 heteroatoms. The van der Waals surface area contributed by atoms with E-state index in [0.29, 0.717) is 12.0 Å². The Morgan fingerprint density at radius 3 is 2.69 bits per heavy atom. The summed E-state index contributed by atoms with van der Waals surface area (Å²) in [6.45, 7) is 7.61. The molecular weight excluding hydrogens is 360 g/mol. The summed E-state index contributed by atoms with van der Waals surface area (Å²) >= 11 is 0. The highest BCUT2D eigenvalue weighted by molar-refractivity contribution is 5.75. The number of H-pyrrole nitrogens is 1. The third kappa shape index (κ3) is 3.13. The lowest BCUT2D eigenvalue weighted by Gasteiger charge is -2.13. The molecule has 0 spiro atoms. The fourth-order valence-electron chi connectivity index (χ4n) is 4.43. The molecule has 0 saturated carbocycles. The highest BCUT2D eigenvalue weighted by Crippen LogP contribution is 2.36. The van der Waals surface area contributed by atoms with Gasteiger partial charge in [-0.2, -0.15) is 10.2 Å². The number of hydrogen-bond acceptors (Lipinski definition) is 4. The minimum absolute atomic E-state index is 0.335. The molecule has 1 fully saturated rings. The summed E-state index contributed by atoms with van der Waals surface area (Å²) in [5.41, 5.74) is 8.88. The van der Waals surface area contributed by atoms with Crippen LogP contribution >= 0.6 is 0 Å². The van der Waals surface area contributed by atoms with Crippen molar-refractivity contribution in [2.75, 3.05) is 6.54 Å². The first kappa shape index (κ1) is 18.1. The molecule has 148 valence electrons. The molecule has 5 rings (SSSR count). The number of aryl methyl sites for hydroxylation is 1. The van der Waals surface area contributed by atoms with E-state index in [4.69, 9.17) is 5.10 Å². The molecule has 1 unspecified atom stereocenters. The lowest BCUT2D eigenvalue weighted by molar-refractivity contribution is 0.648. The van der Waals surface area contributed by atoms with Crippen LogP contribution in [0.2, 0.25) is 0 Å². The maximum atomic E-state index is 4.72. The molecule has 0 amide bonds. The predicted molar refractivity (Wildman–Crippen MR) is 115 cm³/mol. The van der Waals surface area contributed by atoms with Crippen molar-refractivity contribution in [1.29, 1.82) is 0 Å². The minimum atomic E-state index is 0.335.